The van der Waals surface area contributed by atoms with Crippen LogP contribution < -0.4 is 0 Å². The number of hydrogen-bond donors (Lipinski definition) is 1. The third-order valence-corrected chi connectivity index (χ3v) is 1.73. The molecule has 1 nitrogen and oxygen atoms in total. The smallest absolute Gasteiger partial charge is 0.143 e. The molecule has 0 spiro atoms. The van der Waals surface area contributed by atoms with Crippen molar-refractivity contribution in [1.29, 1.82) is 0 Å². The maximum atomic E-state index is 13.1. The first kappa shape index (κ1) is 9.76. The minimum Gasteiger partial charge on any atom is -0.376 e. The Morgan fingerprint density at radius 3 is 2.77 bits per heavy atom. The van der Waals surface area contributed by atoms with Gasteiger partial charge >= 0.3 is 0 Å². The topological polar surface area (TPSA) is 20.2 Å². The molecule has 1 aromatic rings. The van der Waals surface area contributed by atoms with Crippen LogP contribution in [0.1, 0.15) is 24.2 Å². The first-order chi connectivity index (χ1) is 6.15. The maximum Gasteiger partial charge on any atom is 0.143 e. The highest BCUT2D eigenvalue weighted by Crippen LogP contribution is 2.17. The lowest BCUT2D eigenvalue weighted by Gasteiger charge is -2.05. The normalized spacial score (nSPS) is 11.7. The molecule has 0 aromatic heterocycles. The third kappa shape index (κ3) is 2.30. The quantitative estimate of drug-likeness (QED) is 0.653. The van der Waals surface area contributed by atoms with Gasteiger partial charge in [0.1, 0.15) is 11.9 Å². The average molecular weight is 178 g/mol. The number of aliphatic hydroxyl groups is 1. The number of benzene rings is 1. The van der Waals surface area contributed by atoms with Gasteiger partial charge in [0.05, 0.1) is 0 Å². The van der Waals surface area contributed by atoms with Crippen LogP contribution in [0.5, 0.6) is 0 Å². The van der Waals surface area contributed by atoms with Crippen LogP contribution in [-0.2, 0) is 0 Å². The van der Waals surface area contributed by atoms with E-state index < -0.39 is 11.9 Å². The number of halogens is 1. The summed E-state index contributed by atoms with van der Waals surface area (Å²) in [6, 6.07) is 4.60. The molecule has 2 heteroatoms. The Morgan fingerprint density at radius 1 is 1.46 bits per heavy atom. The highest BCUT2D eigenvalue weighted by atomic mass is 19.1. The van der Waals surface area contributed by atoms with E-state index in [1.807, 2.05) is 6.92 Å². The second-order valence-corrected chi connectivity index (χ2v) is 2.82. The first-order valence-electron chi connectivity index (χ1n) is 4.01. The van der Waals surface area contributed by atoms with Crippen molar-refractivity contribution in [1.82, 2.24) is 0 Å². The molecular weight excluding hydrogens is 167 g/mol. The van der Waals surface area contributed by atoms with Crippen molar-refractivity contribution in [3.63, 3.8) is 0 Å². The summed E-state index contributed by atoms with van der Waals surface area (Å²) in [5.41, 5.74) is 1.16. The summed E-state index contributed by atoms with van der Waals surface area (Å²) in [4.78, 5) is 0. The van der Waals surface area contributed by atoms with Crippen LogP contribution in [0.4, 0.5) is 4.39 Å². The SMILES string of the molecule is CC#CC(O)c1cc(C)ccc1F. The fourth-order valence-electron chi connectivity index (χ4n) is 1.09. The molecule has 0 fully saturated rings. The van der Waals surface area contributed by atoms with Crippen molar-refractivity contribution >= 4 is 0 Å². The largest absolute Gasteiger partial charge is 0.376 e. The van der Waals surface area contributed by atoms with Crippen LogP contribution >= 0.6 is 0 Å². The Hall–Kier alpha value is -1.33. The van der Waals surface area contributed by atoms with Crippen molar-refractivity contribution < 1.29 is 9.50 Å². The zero-order valence-corrected chi connectivity index (χ0v) is 7.63. The Labute approximate surface area is 77.2 Å². The van der Waals surface area contributed by atoms with E-state index in [9.17, 15) is 9.50 Å². The molecular formula is C11H11FO. The van der Waals surface area contributed by atoms with Gasteiger partial charge in [-0.15, -0.1) is 5.92 Å². The van der Waals surface area contributed by atoms with E-state index in [2.05, 4.69) is 11.8 Å². The lowest BCUT2D eigenvalue weighted by atomic mass is 10.1. The van der Waals surface area contributed by atoms with Crippen LogP contribution in [0, 0.1) is 24.6 Å². The molecule has 0 radical (unpaired) electrons. The molecule has 0 bridgehead atoms. The Kier molecular flexibility index (Phi) is 3.05. The van der Waals surface area contributed by atoms with E-state index in [0.29, 0.717) is 0 Å². The Balaban J connectivity index is 3.10. The standard InChI is InChI=1S/C11H11FO/c1-3-4-11(13)9-7-8(2)5-6-10(9)12/h5-7,11,13H,1-2H3. The summed E-state index contributed by atoms with van der Waals surface area (Å²) in [5.74, 6) is 4.63. The van der Waals surface area contributed by atoms with Crippen molar-refractivity contribution in [2.75, 3.05) is 0 Å². The number of aryl methyl sites for hydroxylation is 1. The zero-order chi connectivity index (χ0) is 9.84. The molecule has 0 amide bonds. The van der Waals surface area contributed by atoms with Gasteiger partial charge in [0, 0.05) is 5.56 Å². The zero-order valence-electron chi connectivity index (χ0n) is 7.63. The third-order valence-electron chi connectivity index (χ3n) is 1.73. The van der Waals surface area contributed by atoms with E-state index in [1.54, 1.807) is 19.1 Å². The van der Waals surface area contributed by atoms with Gasteiger partial charge in [0.2, 0.25) is 0 Å². The summed E-state index contributed by atoms with van der Waals surface area (Å²) < 4.78 is 13.1. The predicted molar refractivity (Wildman–Crippen MR) is 49.5 cm³/mol. The van der Waals surface area contributed by atoms with Gasteiger partial charge in [0.15, 0.2) is 0 Å². The highest BCUT2D eigenvalue weighted by Gasteiger charge is 2.09. The molecule has 1 aromatic carbocycles. The van der Waals surface area contributed by atoms with E-state index in [0.717, 1.165) is 5.56 Å². The predicted octanol–water partition coefficient (Wildman–Crippen LogP) is 2.19. The fraction of sp³-hybridized carbons (Fsp3) is 0.273. The Bertz CT molecular complexity index is 360. The lowest BCUT2D eigenvalue weighted by Crippen LogP contribution is -1.98. The second-order valence-electron chi connectivity index (χ2n) is 2.82. The van der Waals surface area contributed by atoms with Gasteiger partial charge < -0.3 is 5.11 Å². The van der Waals surface area contributed by atoms with Crippen LogP contribution in [-0.4, -0.2) is 5.11 Å². The van der Waals surface area contributed by atoms with Gasteiger partial charge in [-0.05, 0) is 26.0 Å². The molecule has 0 aliphatic carbocycles. The monoisotopic (exact) mass is 178 g/mol. The molecule has 1 rings (SSSR count). The number of rotatable bonds is 1. The summed E-state index contributed by atoms with van der Waals surface area (Å²) >= 11 is 0. The van der Waals surface area contributed by atoms with Crippen molar-refractivity contribution in [2.24, 2.45) is 0 Å². The number of aliphatic hydroxyl groups excluding tert-OH is 1. The van der Waals surface area contributed by atoms with Gasteiger partial charge in [0.25, 0.3) is 0 Å². The average Bonchev–Trinajstić information content (AvgIpc) is 2.09. The summed E-state index contributed by atoms with van der Waals surface area (Å²) in [5, 5.41) is 9.41. The van der Waals surface area contributed by atoms with Gasteiger partial charge in [-0.25, -0.2) is 4.39 Å². The lowest BCUT2D eigenvalue weighted by molar-refractivity contribution is 0.232. The summed E-state index contributed by atoms with van der Waals surface area (Å²) in [6.07, 6.45) is -1.02. The molecule has 1 unspecified atom stereocenters. The molecule has 0 saturated heterocycles. The first-order valence-corrected chi connectivity index (χ1v) is 4.01. The van der Waals surface area contributed by atoms with Crippen LogP contribution in [0.3, 0.4) is 0 Å². The minimum atomic E-state index is -1.02. The van der Waals surface area contributed by atoms with E-state index in [1.165, 1.54) is 6.07 Å². The number of hydrogen-bond acceptors (Lipinski definition) is 1. The second kappa shape index (κ2) is 4.06. The molecule has 0 saturated carbocycles. The molecule has 0 aliphatic rings. The summed E-state index contributed by atoms with van der Waals surface area (Å²) in [6.45, 7) is 3.45. The molecule has 0 aliphatic heterocycles. The van der Waals surface area contributed by atoms with Crippen molar-refractivity contribution in [2.45, 2.75) is 20.0 Å². The molecule has 1 atom stereocenters. The van der Waals surface area contributed by atoms with Crippen LogP contribution in [0.15, 0.2) is 18.2 Å². The van der Waals surface area contributed by atoms with E-state index in [-0.39, 0.29) is 5.56 Å². The highest BCUT2D eigenvalue weighted by molar-refractivity contribution is 5.30. The maximum absolute atomic E-state index is 13.1. The molecule has 0 heterocycles. The molecule has 13 heavy (non-hydrogen) atoms. The Morgan fingerprint density at radius 2 is 2.15 bits per heavy atom. The fourth-order valence-corrected chi connectivity index (χ4v) is 1.09. The van der Waals surface area contributed by atoms with E-state index >= 15 is 0 Å². The van der Waals surface area contributed by atoms with Gasteiger partial charge in [-0.1, -0.05) is 17.6 Å². The minimum absolute atomic E-state index is 0.245. The van der Waals surface area contributed by atoms with Crippen LogP contribution in [0.2, 0.25) is 0 Å². The summed E-state index contributed by atoms with van der Waals surface area (Å²) in [7, 11) is 0. The van der Waals surface area contributed by atoms with Gasteiger partial charge in [-0.2, -0.15) is 0 Å². The van der Waals surface area contributed by atoms with Crippen molar-refractivity contribution in [3.8, 4) is 11.8 Å². The van der Waals surface area contributed by atoms with Gasteiger partial charge in [-0.3, -0.25) is 0 Å². The molecule has 68 valence electrons. The van der Waals surface area contributed by atoms with Crippen molar-refractivity contribution in [3.05, 3.63) is 35.1 Å². The van der Waals surface area contributed by atoms with Crippen LogP contribution in [0.25, 0.3) is 0 Å². The molecule has 1 N–H and O–H groups in total. The van der Waals surface area contributed by atoms with E-state index in [4.69, 9.17) is 0 Å².